The second-order valence-electron chi connectivity index (χ2n) is 4.91. The van der Waals surface area contributed by atoms with E-state index < -0.39 is 11.6 Å². The third kappa shape index (κ3) is 2.65. The summed E-state index contributed by atoms with van der Waals surface area (Å²) in [5.41, 5.74) is 1.94. The summed E-state index contributed by atoms with van der Waals surface area (Å²) in [6, 6.07) is 9.77. The van der Waals surface area contributed by atoms with E-state index >= 15 is 0 Å². The predicted octanol–water partition coefficient (Wildman–Crippen LogP) is 4.11. The second kappa shape index (κ2) is 5.52. The van der Waals surface area contributed by atoms with E-state index in [0.29, 0.717) is 11.3 Å². The van der Waals surface area contributed by atoms with Crippen LogP contribution in [0.15, 0.2) is 42.5 Å². The molecule has 110 valence electrons. The minimum absolute atomic E-state index is 0.0281. The Morgan fingerprint density at radius 3 is 2.82 bits per heavy atom. The van der Waals surface area contributed by atoms with E-state index in [0.717, 1.165) is 17.2 Å². The third-order valence-electron chi connectivity index (χ3n) is 3.22. The Morgan fingerprint density at radius 2 is 2.05 bits per heavy atom. The van der Waals surface area contributed by atoms with Crippen molar-refractivity contribution in [2.24, 2.45) is 0 Å². The molecule has 0 radical (unpaired) electrons. The van der Waals surface area contributed by atoms with E-state index in [1.54, 1.807) is 18.2 Å². The summed E-state index contributed by atoms with van der Waals surface area (Å²) in [6.07, 6.45) is 3.15. The van der Waals surface area contributed by atoms with Crippen molar-refractivity contribution in [3.63, 3.8) is 0 Å². The summed E-state index contributed by atoms with van der Waals surface area (Å²) < 4.78 is 26.9. The van der Waals surface area contributed by atoms with Crippen molar-refractivity contribution < 1.29 is 13.6 Å². The lowest BCUT2D eigenvalue weighted by atomic mass is 10.1. The lowest BCUT2D eigenvalue weighted by molar-refractivity contribution is -0.112. The van der Waals surface area contributed by atoms with Gasteiger partial charge in [0.2, 0.25) is 0 Å². The van der Waals surface area contributed by atoms with E-state index in [2.05, 4.69) is 9.97 Å². The molecular formula is C17H12F2N2O. The summed E-state index contributed by atoms with van der Waals surface area (Å²) in [7, 11) is 0. The average molecular weight is 298 g/mol. The number of nitrogens with one attached hydrogen (secondary N) is 1. The van der Waals surface area contributed by atoms with Gasteiger partial charge in [-0.2, -0.15) is 0 Å². The minimum atomic E-state index is -0.965. The highest BCUT2D eigenvalue weighted by atomic mass is 19.2. The Morgan fingerprint density at radius 1 is 1.23 bits per heavy atom. The van der Waals surface area contributed by atoms with Crippen LogP contribution in [0.1, 0.15) is 12.5 Å². The average Bonchev–Trinajstić information content (AvgIpc) is 2.94. The van der Waals surface area contributed by atoms with Crippen LogP contribution in [0, 0.1) is 11.6 Å². The Bertz CT molecular complexity index is 897. The number of carbonyl (C=O) groups excluding carboxylic acids is 1. The van der Waals surface area contributed by atoms with Gasteiger partial charge in [0.25, 0.3) is 0 Å². The summed E-state index contributed by atoms with van der Waals surface area (Å²) in [6.45, 7) is 1.47. The fourth-order valence-electron chi connectivity index (χ4n) is 2.16. The molecule has 5 heteroatoms. The molecule has 0 unspecified atom stereocenters. The number of rotatable bonds is 3. The first-order valence-electron chi connectivity index (χ1n) is 6.67. The maximum absolute atomic E-state index is 13.7. The van der Waals surface area contributed by atoms with Crippen molar-refractivity contribution in [3.05, 3.63) is 59.7 Å². The highest BCUT2D eigenvalue weighted by Gasteiger charge is 2.12. The quantitative estimate of drug-likeness (QED) is 0.740. The summed E-state index contributed by atoms with van der Waals surface area (Å²) in [4.78, 5) is 18.1. The maximum Gasteiger partial charge on any atom is 0.186 e. The largest absolute Gasteiger partial charge is 0.338 e. The zero-order chi connectivity index (χ0) is 15.7. The Balaban J connectivity index is 2.06. The van der Waals surface area contributed by atoms with Crippen LogP contribution in [-0.4, -0.2) is 15.8 Å². The number of hydrogen-bond acceptors (Lipinski definition) is 2. The van der Waals surface area contributed by atoms with Crippen LogP contribution in [0.25, 0.3) is 28.5 Å². The highest BCUT2D eigenvalue weighted by Crippen LogP contribution is 2.24. The molecule has 0 saturated carbocycles. The Hall–Kier alpha value is -2.82. The standard InChI is InChI=1S/C17H12F2N2O/c1-10(22)5-6-11-3-2-4-12(9-11)17-20-14-8-7-13(18)15(19)16(14)21-17/h2-9H,1H3,(H,20,21)/b6-5+. The zero-order valence-electron chi connectivity index (χ0n) is 11.7. The number of hydrogen-bond donors (Lipinski definition) is 1. The van der Waals surface area contributed by atoms with Crippen molar-refractivity contribution in [1.29, 1.82) is 0 Å². The molecule has 0 aliphatic heterocycles. The first-order valence-corrected chi connectivity index (χ1v) is 6.67. The summed E-state index contributed by atoms with van der Waals surface area (Å²) >= 11 is 0. The SMILES string of the molecule is CC(=O)/C=C/c1cccc(-c2nc3c(F)c(F)ccc3[nH]2)c1. The predicted molar refractivity (Wildman–Crippen MR) is 81.2 cm³/mol. The van der Waals surface area contributed by atoms with E-state index in [9.17, 15) is 13.6 Å². The van der Waals surface area contributed by atoms with E-state index in [1.165, 1.54) is 19.1 Å². The molecule has 3 rings (SSSR count). The van der Waals surface area contributed by atoms with Crippen molar-refractivity contribution >= 4 is 22.9 Å². The normalized spacial score (nSPS) is 11.4. The molecule has 0 saturated heterocycles. The number of aromatic amines is 1. The van der Waals surface area contributed by atoms with Crippen LogP contribution < -0.4 is 0 Å². The van der Waals surface area contributed by atoms with Gasteiger partial charge in [-0.1, -0.05) is 24.3 Å². The summed E-state index contributed by atoms with van der Waals surface area (Å²) in [5, 5.41) is 0. The first-order chi connectivity index (χ1) is 10.5. The number of nitrogens with zero attached hydrogens (tertiary/aromatic N) is 1. The number of ketones is 1. The van der Waals surface area contributed by atoms with E-state index in [1.807, 2.05) is 12.1 Å². The van der Waals surface area contributed by atoms with Crippen LogP contribution in [-0.2, 0) is 4.79 Å². The van der Waals surface area contributed by atoms with Crippen LogP contribution in [0.3, 0.4) is 0 Å². The minimum Gasteiger partial charge on any atom is -0.338 e. The molecule has 3 aromatic rings. The van der Waals surface area contributed by atoms with Gasteiger partial charge in [-0.3, -0.25) is 4.79 Å². The highest BCUT2D eigenvalue weighted by molar-refractivity contribution is 5.91. The van der Waals surface area contributed by atoms with Crippen LogP contribution in [0.2, 0.25) is 0 Å². The van der Waals surface area contributed by atoms with Gasteiger partial charge < -0.3 is 4.98 Å². The van der Waals surface area contributed by atoms with Crippen molar-refractivity contribution in [1.82, 2.24) is 9.97 Å². The fraction of sp³-hybridized carbons (Fsp3) is 0.0588. The Kier molecular flexibility index (Phi) is 3.55. The zero-order valence-corrected chi connectivity index (χ0v) is 11.7. The monoisotopic (exact) mass is 298 g/mol. The van der Waals surface area contributed by atoms with Gasteiger partial charge in [-0.05, 0) is 36.8 Å². The lowest BCUT2D eigenvalue weighted by Gasteiger charge is -1.98. The van der Waals surface area contributed by atoms with Gasteiger partial charge in [-0.25, -0.2) is 13.8 Å². The van der Waals surface area contributed by atoms with Crippen LogP contribution >= 0.6 is 0 Å². The molecule has 0 fully saturated rings. The van der Waals surface area contributed by atoms with Gasteiger partial charge in [0.15, 0.2) is 17.4 Å². The van der Waals surface area contributed by atoms with Gasteiger partial charge in [0.05, 0.1) is 5.52 Å². The maximum atomic E-state index is 13.7. The topological polar surface area (TPSA) is 45.8 Å². The number of allylic oxidation sites excluding steroid dienone is 1. The molecule has 1 aromatic heterocycles. The molecule has 0 aliphatic carbocycles. The number of aromatic nitrogens is 2. The molecular weight excluding hydrogens is 286 g/mol. The first kappa shape index (κ1) is 14.1. The number of imidazole rings is 1. The van der Waals surface area contributed by atoms with Gasteiger partial charge in [-0.15, -0.1) is 0 Å². The molecule has 0 atom stereocenters. The third-order valence-corrected chi connectivity index (χ3v) is 3.22. The van der Waals surface area contributed by atoms with Gasteiger partial charge >= 0.3 is 0 Å². The Labute approximate surface area is 125 Å². The molecule has 22 heavy (non-hydrogen) atoms. The number of H-pyrrole nitrogens is 1. The number of fused-ring (bicyclic) bond motifs is 1. The fourth-order valence-corrected chi connectivity index (χ4v) is 2.16. The van der Waals surface area contributed by atoms with Gasteiger partial charge in [0, 0.05) is 5.56 Å². The van der Waals surface area contributed by atoms with Crippen molar-refractivity contribution in [2.45, 2.75) is 6.92 Å². The molecule has 0 aliphatic rings. The van der Waals surface area contributed by atoms with Crippen molar-refractivity contribution in [2.75, 3.05) is 0 Å². The van der Waals surface area contributed by atoms with E-state index in [4.69, 9.17) is 0 Å². The molecule has 1 N–H and O–H groups in total. The lowest BCUT2D eigenvalue weighted by Crippen LogP contribution is -1.85. The number of carbonyl (C=O) groups is 1. The van der Waals surface area contributed by atoms with E-state index in [-0.39, 0.29) is 11.3 Å². The molecule has 1 heterocycles. The molecule has 3 nitrogen and oxygen atoms in total. The second-order valence-corrected chi connectivity index (χ2v) is 4.91. The van der Waals surface area contributed by atoms with Gasteiger partial charge in [0.1, 0.15) is 11.3 Å². The molecule has 0 amide bonds. The number of benzene rings is 2. The van der Waals surface area contributed by atoms with Crippen molar-refractivity contribution in [3.8, 4) is 11.4 Å². The smallest absolute Gasteiger partial charge is 0.186 e. The van der Waals surface area contributed by atoms with Crippen LogP contribution in [0.5, 0.6) is 0 Å². The molecule has 0 spiro atoms. The number of halogens is 2. The van der Waals surface area contributed by atoms with Crippen LogP contribution in [0.4, 0.5) is 8.78 Å². The summed E-state index contributed by atoms with van der Waals surface area (Å²) in [5.74, 6) is -1.50. The molecule has 0 bridgehead atoms. The molecule has 2 aromatic carbocycles.